The molecule has 0 atom stereocenters. The molecule has 4 aromatic carbocycles. The Morgan fingerprint density at radius 1 is 0.806 bits per heavy atom. The summed E-state index contributed by atoms with van der Waals surface area (Å²) in [5.41, 5.74) is 7.67. The maximum Gasteiger partial charge on any atom is 0.212 e. The van der Waals surface area contributed by atoms with Crippen molar-refractivity contribution in [1.82, 2.24) is 0 Å². The van der Waals surface area contributed by atoms with Crippen molar-refractivity contribution >= 4 is 32.7 Å². The molecule has 0 N–H and O–H groups in total. The predicted octanol–water partition coefficient (Wildman–Crippen LogP) is 8.79. The van der Waals surface area contributed by atoms with Gasteiger partial charge in [-0.3, -0.25) is 0 Å². The fraction of sp³-hybridized carbons (Fsp3) is 0.206. The topological polar surface area (TPSA) is 17.0 Å². The van der Waals surface area contributed by atoms with Crippen molar-refractivity contribution in [2.24, 2.45) is 12.5 Å². The summed E-state index contributed by atoms with van der Waals surface area (Å²) in [7, 11) is 2.07. The lowest BCUT2D eigenvalue weighted by molar-refractivity contribution is -0.659. The van der Waals surface area contributed by atoms with E-state index in [1.54, 1.807) is 0 Å². The van der Waals surface area contributed by atoms with Crippen LogP contribution in [0.15, 0.2) is 95.5 Å². The first-order valence-corrected chi connectivity index (χ1v) is 12.5. The highest BCUT2D eigenvalue weighted by atomic mass is 16.3. The highest BCUT2D eigenvalue weighted by molar-refractivity contribution is 6.15. The number of pyridine rings is 1. The fourth-order valence-corrected chi connectivity index (χ4v) is 5.17. The third kappa shape index (κ3) is 3.97. The Morgan fingerprint density at radius 3 is 2.31 bits per heavy atom. The Bertz CT molecular complexity index is 1840. The van der Waals surface area contributed by atoms with Crippen LogP contribution in [0.25, 0.3) is 55.1 Å². The summed E-state index contributed by atoms with van der Waals surface area (Å²) >= 11 is 0. The minimum absolute atomic E-state index is 0.478. The number of hydrogen-bond acceptors (Lipinski definition) is 1. The van der Waals surface area contributed by atoms with Crippen LogP contribution in [0.5, 0.6) is 0 Å². The fourth-order valence-electron chi connectivity index (χ4n) is 5.17. The maximum atomic E-state index is 8.56. The van der Waals surface area contributed by atoms with Crippen molar-refractivity contribution in [3.05, 3.63) is 102 Å². The van der Waals surface area contributed by atoms with Crippen LogP contribution < -0.4 is 4.57 Å². The zero-order valence-electron chi connectivity index (χ0n) is 23.5. The minimum atomic E-state index is -1.40. The molecule has 36 heavy (non-hydrogen) atoms. The number of aromatic nitrogens is 1. The number of fused-ring (bicyclic) bond motifs is 5. The lowest BCUT2D eigenvalue weighted by Crippen LogP contribution is -2.30. The molecular weight excluding hydrogens is 438 g/mol. The third-order valence-corrected chi connectivity index (χ3v) is 6.86. The Morgan fingerprint density at radius 2 is 1.56 bits per heavy atom. The first-order valence-electron chi connectivity index (χ1n) is 13.5. The van der Waals surface area contributed by atoms with E-state index in [2.05, 4.69) is 85.4 Å². The van der Waals surface area contributed by atoms with Gasteiger partial charge in [0, 0.05) is 30.5 Å². The summed E-state index contributed by atoms with van der Waals surface area (Å²) < 4.78 is 25.7. The molecule has 0 aliphatic rings. The van der Waals surface area contributed by atoms with Gasteiger partial charge in [-0.1, -0.05) is 75.4 Å². The van der Waals surface area contributed by atoms with Crippen LogP contribution >= 0.6 is 0 Å². The van der Waals surface area contributed by atoms with Crippen molar-refractivity contribution in [2.45, 2.75) is 34.1 Å². The number of aryl methyl sites for hydroxylation is 2. The molecule has 0 spiro atoms. The van der Waals surface area contributed by atoms with E-state index >= 15 is 0 Å². The molecule has 0 fully saturated rings. The summed E-state index contributed by atoms with van der Waals surface area (Å²) in [5.74, 6) is 0. The summed E-state index contributed by atoms with van der Waals surface area (Å²) in [6, 6.07) is 29.2. The first-order chi connectivity index (χ1) is 18.0. The van der Waals surface area contributed by atoms with E-state index in [9.17, 15) is 0 Å². The van der Waals surface area contributed by atoms with Gasteiger partial charge in [0.25, 0.3) is 0 Å². The lowest BCUT2D eigenvalue weighted by Gasteiger charge is -2.18. The first kappa shape index (κ1) is 20.3. The van der Waals surface area contributed by atoms with E-state index in [4.69, 9.17) is 7.16 Å². The molecular formula is C34H32NO+. The van der Waals surface area contributed by atoms with Crippen molar-refractivity contribution in [1.29, 1.82) is 0 Å². The Labute approximate surface area is 215 Å². The number of benzene rings is 4. The molecule has 0 aliphatic heterocycles. The third-order valence-electron chi connectivity index (χ3n) is 6.86. The summed E-state index contributed by atoms with van der Waals surface area (Å²) in [6.07, 6.45) is 0.734. The standard InChI is InChI=1S/C34H32NO/c1-22-18-30-28-16-14-25-8-6-7-9-27(25)33(28)36-32(30)19-29(22)31-17-15-26(21-35(31)5)24-12-10-23(11-13-24)20-34(2,3)4/h6-19,21H,20H2,1-5H3/q+1/i20D2. The minimum Gasteiger partial charge on any atom is -0.455 e. The van der Waals surface area contributed by atoms with Gasteiger partial charge in [0.15, 0.2) is 6.20 Å². The number of nitrogens with zero attached hydrogens (tertiary/aromatic N) is 1. The van der Waals surface area contributed by atoms with Gasteiger partial charge < -0.3 is 4.42 Å². The Balaban J connectivity index is 1.39. The van der Waals surface area contributed by atoms with E-state index < -0.39 is 11.8 Å². The number of rotatable bonds is 3. The highest BCUT2D eigenvalue weighted by Crippen LogP contribution is 2.37. The molecule has 2 heteroatoms. The summed E-state index contributed by atoms with van der Waals surface area (Å²) in [5, 5.41) is 4.60. The summed E-state index contributed by atoms with van der Waals surface area (Å²) in [6.45, 7) is 7.97. The van der Waals surface area contributed by atoms with Crippen LogP contribution in [0.1, 0.15) is 34.6 Å². The van der Waals surface area contributed by atoms with Crippen LogP contribution in [-0.4, -0.2) is 0 Å². The molecule has 0 saturated carbocycles. The second-order valence-corrected chi connectivity index (χ2v) is 10.8. The molecule has 2 aromatic heterocycles. The van der Waals surface area contributed by atoms with E-state index in [0.29, 0.717) is 5.56 Å². The van der Waals surface area contributed by atoms with Crippen molar-refractivity contribution in [3.8, 4) is 22.4 Å². The van der Waals surface area contributed by atoms with Gasteiger partial charge in [-0.2, -0.15) is 0 Å². The van der Waals surface area contributed by atoms with E-state index in [0.717, 1.165) is 49.7 Å². The van der Waals surface area contributed by atoms with E-state index in [1.165, 1.54) is 10.9 Å². The van der Waals surface area contributed by atoms with Gasteiger partial charge in [-0.05, 0) is 65.1 Å². The molecule has 0 bridgehead atoms. The Kier molecular flexibility index (Phi) is 4.70. The van der Waals surface area contributed by atoms with Gasteiger partial charge in [-0.25, -0.2) is 4.57 Å². The van der Waals surface area contributed by atoms with Crippen LogP contribution in [-0.2, 0) is 13.4 Å². The maximum absolute atomic E-state index is 8.56. The number of hydrogen-bond donors (Lipinski definition) is 0. The van der Waals surface area contributed by atoms with Crippen molar-refractivity contribution < 1.29 is 11.7 Å². The molecule has 0 aliphatic carbocycles. The zero-order chi connectivity index (χ0) is 26.8. The van der Waals surface area contributed by atoms with Crippen LogP contribution in [0.2, 0.25) is 0 Å². The quantitative estimate of drug-likeness (QED) is 0.235. The second-order valence-electron chi connectivity index (χ2n) is 10.8. The molecule has 2 heterocycles. The Hall–Kier alpha value is -3.91. The number of furan rings is 1. The zero-order valence-corrected chi connectivity index (χ0v) is 21.5. The smallest absolute Gasteiger partial charge is 0.212 e. The average molecular weight is 473 g/mol. The molecule has 178 valence electrons. The van der Waals surface area contributed by atoms with Crippen molar-refractivity contribution in [3.63, 3.8) is 0 Å². The SMILES string of the molecule is [2H]C([2H])(c1ccc(-c2ccc(-c3cc4oc5c6ccccc6ccc5c4cc3C)[n+](C)c2)cc1)C(C)(C)C. The molecule has 6 rings (SSSR count). The second kappa shape index (κ2) is 8.34. The van der Waals surface area contributed by atoms with Gasteiger partial charge in [0.05, 0.1) is 5.56 Å². The van der Waals surface area contributed by atoms with Gasteiger partial charge in [0.2, 0.25) is 5.69 Å². The van der Waals surface area contributed by atoms with Gasteiger partial charge >= 0.3 is 0 Å². The van der Waals surface area contributed by atoms with Crippen molar-refractivity contribution in [2.75, 3.05) is 0 Å². The van der Waals surface area contributed by atoms with Gasteiger partial charge in [-0.15, -0.1) is 0 Å². The summed E-state index contributed by atoms with van der Waals surface area (Å²) in [4.78, 5) is 0. The van der Waals surface area contributed by atoms with Crippen LogP contribution in [0.4, 0.5) is 0 Å². The highest BCUT2D eigenvalue weighted by Gasteiger charge is 2.18. The van der Waals surface area contributed by atoms with Gasteiger partial charge in [0.1, 0.15) is 18.2 Å². The van der Waals surface area contributed by atoms with Crippen LogP contribution in [0.3, 0.4) is 0 Å². The normalized spacial score (nSPS) is 13.4. The molecule has 0 saturated heterocycles. The monoisotopic (exact) mass is 472 g/mol. The molecule has 0 amide bonds. The largest absolute Gasteiger partial charge is 0.455 e. The molecule has 0 unspecified atom stereocenters. The average Bonchev–Trinajstić information content (AvgIpc) is 3.25. The van der Waals surface area contributed by atoms with Crippen LogP contribution in [0, 0.1) is 12.3 Å². The predicted molar refractivity (Wildman–Crippen MR) is 151 cm³/mol. The lowest BCUT2D eigenvalue weighted by atomic mass is 9.88. The molecule has 6 aromatic rings. The molecule has 0 radical (unpaired) electrons. The molecule has 2 nitrogen and oxygen atoms in total. The van der Waals surface area contributed by atoms with E-state index in [1.807, 2.05) is 45.0 Å². The van der Waals surface area contributed by atoms with E-state index in [-0.39, 0.29) is 0 Å².